The van der Waals surface area contributed by atoms with Crippen LogP contribution in [0.5, 0.6) is 5.75 Å². The minimum atomic E-state index is -0.425. The fourth-order valence-electron chi connectivity index (χ4n) is 6.48. The Hall–Kier alpha value is -3.95. The number of amides is 2. The van der Waals surface area contributed by atoms with Gasteiger partial charge in [-0.15, -0.1) is 0 Å². The highest BCUT2D eigenvalue weighted by Gasteiger charge is 2.34. The van der Waals surface area contributed by atoms with Gasteiger partial charge in [-0.25, -0.2) is 14.8 Å². The van der Waals surface area contributed by atoms with E-state index in [-0.39, 0.29) is 23.8 Å². The smallest absolute Gasteiger partial charge is 0.407 e. The zero-order chi connectivity index (χ0) is 31.2. The number of oxazole rings is 1. The molecule has 0 aromatic carbocycles. The van der Waals surface area contributed by atoms with Crippen molar-refractivity contribution in [2.45, 2.75) is 90.1 Å². The molecule has 2 amide bonds. The van der Waals surface area contributed by atoms with Crippen molar-refractivity contribution in [3.63, 3.8) is 0 Å². The van der Waals surface area contributed by atoms with Crippen LogP contribution in [0, 0.1) is 18.8 Å². The van der Waals surface area contributed by atoms with Crippen LogP contribution in [0.15, 0.2) is 41.1 Å². The number of hydrogen-bond acceptors (Lipinski definition) is 8. The van der Waals surface area contributed by atoms with E-state index in [1.54, 1.807) is 26.6 Å². The Labute approximate surface area is 260 Å². The average Bonchev–Trinajstić information content (AvgIpc) is 3.55. The lowest BCUT2D eigenvalue weighted by atomic mass is 9.79. The minimum Gasteiger partial charge on any atom is -0.495 e. The molecule has 2 fully saturated rings. The Kier molecular flexibility index (Phi) is 10.2. The molecule has 44 heavy (non-hydrogen) atoms. The van der Waals surface area contributed by atoms with E-state index in [9.17, 15) is 9.59 Å². The zero-order valence-electron chi connectivity index (χ0n) is 26.5. The molecule has 0 bridgehead atoms. The van der Waals surface area contributed by atoms with Gasteiger partial charge in [0.15, 0.2) is 5.89 Å². The summed E-state index contributed by atoms with van der Waals surface area (Å²) >= 11 is 0. The lowest BCUT2D eigenvalue weighted by molar-refractivity contribution is -0.124. The number of aryl methyl sites for hydroxylation is 1. The molecule has 2 aliphatic rings. The molecule has 2 aliphatic carbocycles. The number of aromatic nitrogens is 3. The van der Waals surface area contributed by atoms with Gasteiger partial charge in [-0.05, 0) is 88.5 Å². The molecule has 5 rings (SSSR count). The fraction of sp³-hybridized carbons (Fsp3) is 0.559. The summed E-state index contributed by atoms with van der Waals surface area (Å²) in [6.07, 6.45) is 9.58. The summed E-state index contributed by atoms with van der Waals surface area (Å²) in [5.41, 5.74) is 3.64. The van der Waals surface area contributed by atoms with E-state index in [1.165, 1.54) is 0 Å². The van der Waals surface area contributed by atoms with Crippen LogP contribution in [-0.4, -0.2) is 53.8 Å². The van der Waals surface area contributed by atoms with E-state index in [2.05, 4.69) is 21.4 Å². The predicted molar refractivity (Wildman–Crippen MR) is 168 cm³/mol. The van der Waals surface area contributed by atoms with E-state index in [4.69, 9.17) is 18.9 Å². The van der Waals surface area contributed by atoms with Crippen molar-refractivity contribution in [2.24, 2.45) is 11.8 Å². The van der Waals surface area contributed by atoms with Crippen molar-refractivity contribution in [1.82, 2.24) is 20.3 Å². The van der Waals surface area contributed by atoms with Crippen molar-refractivity contribution in [2.75, 3.05) is 25.6 Å². The highest BCUT2D eigenvalue weighted by atomic mass is 16.6. The second-order valence-corrected chi connectivity index (χ2v) is 12.4. The third-order valence-electron chi connectivity index (χ3n) is 9.09. The van der Waals surface area contributed by atoms with Gasteiger partial charge < -0.3 is 19.2 Å². The number of hydrogen-bond donors (Lipinski definition) is 1. The van der Waals surface area contributed by atoms with E-state index in [1.807, 2.05) is 43.9 Å². The summed E-state index contributed by atoms with van der Waals surface area (Å²) in [6.45, 7) is 6.69. The normalized spacial score (nSPS) is 22.0. The molecule has 3 heterocycles. The molecule has 10 nitrogen and oxygen atoms in total. The SMILES string of the molecule is CNC(=O)O[C@H]1CC[C@H](C(=O)N(C[C@H]2CC[C@H](c3ccc(OC)c(C)n3)CC2)c2cc(-c3coc(C(C)C)n3)ccn2)CC1. The number of nitrogens with one attached hydrogen (secondary N) is 1. The Balaban J connectivity index is 1.32. The molecule has 0 aliphatic heterocycles. The van der Waals surface area contributed by atoms with Gasteiger partial charge in [0.25, 0.3) is 0 Å². The number of carbonyl (C=O) groups excluding carboxylic acids is 2. The number of rotatable bonds is 9. The van der Waals surface area contributed by atoms with Gasteiger partial charge in [-0.1, -0.05) is 13.8 Å². The number of ether oxygens (including phenoxy) is 2. The van der Waals surface area contributed by atoms with Gasteiger partial charge in [0.2, 0.25) is 5.91 Å². The van der Waals surface area contributed by atoms with Crippen LogP contribution in [-0.2, 0) is 9.53 Å². The van der Waals surface area contributed by atoms with Crippen molar-refractivity contribution in [3.8, 4) is 17.0 Å². The lowest BCUT2D eigenvalue weighted by Crippen LogP contribution is -2.42. The molecular weight excluding hydrogens is 558 g/mol. The molecule has 1 N–H and O–H groups in total. The highest BCUT2D eigenvalue weighted by molar-refractivity contribution is 5.94. The van der Waals surface area contributed by atoms with Gasteiger partial charge in [-0.3, -0.25) is 14.7 Å². The van der Waals surface area contributed by atoms with Crippen LogP contribution < -0.4 is 15.0 Å². The summed E-state index contributed by atoms with van der Waals surface area (Å²) in [4.78, 5) is 42.0. The molecule has 0 saturated heterocycles. The van der Waals surface area contributed by atoms with Crippen LogP contribution >= 0.6 is 0 Å². The second-order valence-electron chi connectivity index (χ2n) is 12.4. The van der Waals surface area contributed by atoms with Crippen molar-refractivity contribution < 1.29 is 23.5 Å². The molecule has 10 heteroatoms. The molecule has 3 aromatic rings. The summed E-state index contributed by atoms with van der Waals surface area (Å²) in [5.74, 6) is 3.01. The van der Waals surface area contributed by atoms with Gasteiger partial charge in [0.1, 0.15) is 29.6 Å². The van der Waals surface area contributed by atoms with Gasteiger partial charge in [0, 0.05) is 48.8 Å². The van der Waals surface area contributed by atoms with Crippen molar-refractivity contribution >= 4 is 17.8 Å². The lowest BCUT2D eigenvalue weighted by Gasteiger charge is -2.35. The first-order chi connectivity index (χ1) is 21.2. The van der Waals surface area contributed by atoms with E-state index < -0.39 is 6.09 Å². The number of pyridine rings is 2. The average molecular weight is 604 g/mol. The molecule has 2 saturated carbocycles. The van der Waals surface area contributed by atoms with Gasteiger partial charge in [-0.2, -0.15) is 0 Å². The van der Waals surface area contributed by atoms with Crippen LogP contribution in [0.1, 0.15) is 94.3 Å². The van der Waals surface area contributed by atoms with Gasteiger partial charge in [0.05, 0.1) is 12.8 Å². The summed E-state index contributed by atoms with van der Waals surface area (Å²) in [6, 6.07) is 7.96. The Morgan fingerprint density at radius 2 is 1.80 bits per heavy atom. The number of alkyl carbamates (subject to hydrolysis) is 1. The molecule has 0 atom stereocenters. The summed E-state index contributed by atoms with van der Waals surface area (Å²) in [7, 11) is 3.23. The van der Waals surface area contributed by atoms with E-state index in [0.29, 0.717) is 55.8 Å². The molecule has 3 aromatic heterocycles. The van der Waals surface area contributed by atoms with Crippen molar-refractivity contribution in [1.29, 1.82) is 0 Å². The highest BCUT2D eigenvalue weighted by Crippen LogP contribution is 2.38. The van der Waals surface area contributed by atoms with E-state index in [0.717, 1.165) is 54.1 Å². The molecule has 236 valence electrons. The summed E-state index contributed by atoms with van der Waals surface area (Å²) in [5, 5.41) is 2.51. The topological polar surface area (TPSA) is 120 Å². The molecule has 0 radical (unpaired) electrons. The quantitative estimate of drug-likeness (QED) is 0.284. The largest absolute Gasteiger partial charge is 0.495 e. The third kappa shape index (κ3) is 7.39. The minimum absolute atomic E-state index is 0.0886. The molecule has 0 spiro atoms. The number of nitrogens with zero attached hydrogens (tertiary/aromatic N) is 4. The number of anilines is 1. The first-order valence-corrected chi connectivity index (χ1v) is 15.9. The Morgan fingerprint density at radius 3 is 2.43 bits per heavy atom. The molecular formula is C34H45N5O5. The van der Waals surface area contributed by atoms with Crippen LogP contribution in [0.3, 0.4) is 0 Å². The number of carbonyl (C=O) groups is 2. The second kappa shape index (κ2) is 14.2. The fourth-order valence-corrected chi connectivity index (χ4v) is 6.48. The maximum Gasteiger partial charge on any atom is 0.407 e. The maximum absolute atomic E-state index is 14.2. The van der Waals surface area contributed by atoms with Crippen molar-refractivity contribution in [3.05, 3.63) is 54.0 Å². The Bertz CT molecular complexity index is 1420. The first-order valence-electron chi connectivity index (χ1n) is 15.9. The van der Waals surface area contributed by atoms with Crippen LogP contribution in [0.25, 0.3) is 11.3 Å². The summed E-state index contributed by atoms with van der Waals surface area (Å²) < 4.78 is 16.6. The zero-order valence-corrected chi connectivity index (χ0v) is 26.5. The maximum atomic E-state index is 14.2. The predicted octanol–water partition coefficient (Wildman–Crippen LogP) is 6.79. The van der Waals surface area contributed by atoms with E-state index >= 15 is 0 Å². The van der Waals surface area contributed by atoms with Gasteiger partial charge >= 0.3 is 6.09 Å². The monoisotopic (exact) mass is 603 g/mol. The standard InChI is InChI=1S/C34H45N5O5/c1-21(2)32-38-29(20-43-32)26-16-17-36-31(18-26)39(33(40)25-10-12-27(13-11-25)44-34(41)35-4)19-23-6-8-24(9-7-23)28-14-15-30(42-5)22(3)37-28/h14-18,20-21,23-25,27H,6-13,19H2,1-5H3,(H,35,41)/t23-,24-,25-,27-. The van der Waals surface area contributed by atoms with Crippen LogP contribution in [0.2, 0.25) is 0 Å². The molecule has 0 unspecified atom stereocenters. The Morgan fingerprint density at radius 1 is 1.05 bits per heavy atom. The van der Waals surface area contributed by atoms with Crippen LogP contribution in [0.4, 0.5) is 10.6 Å². The number of methoxy groups -OCH3 is 1. The first kappa shape index (κ1) is 31.5. The third-order valence-corrected chi connectivity index (χ3v) is 9.09.